The van der Waals surface area contributed by atoms with Crippen LogP contribution < -0.4 is 19.3 Å². The van der Waals surface area contributed by atoms with E-state index in [0.29, 0.717) is 118 Å². The van der Waals surface area contributed by atoms with Crippen LogP contribution in [0.3, 0.4) is 0 Å². The van der Waals surface area contributed by atoms with Crippen molar-refractivity contribution in [3.63, 3.8) is 0 Å². The van der Waals surface area contributed by atoms with Gasteiger partial charge in [-0.2, -0.15) is 0 Å². The molecule has 1 aliphatic rings. The highest BCUT2D eigenvalue weighted by Gasteiger charge is 2.18. The molecule has 0 amide bonds. The maximum Gasteiger partial charge on any atom is 0.142 e. The predicted molar refractivity (Wildman–Crippen MR) is 205 cm³/mol. The molecule has 1 aliphatic heterocycles. The molecule has 0 saturated heterocycles. The molecule has 3 rings (SSSR count). The maximum absolute atomic E-state index is 6.58. The van der Waals surface area contributed by atoms with Crippen LogP contribution in [-0.4, -0.2) is 131 Å². The minimum atomic E-state index is 0.389. The van der Waals surface area contributed by atoms with Crippen LogP contribution in [0.2, 0.25) is 0 Å². The van der Waals surface area contributed by atoms with E-state index in [2.05, 4.69) is 85.2 Å². The number of anilines is 2. The standard InChI is InChI=1S/C40H61N3O8/c1-8-35(38(9-2)51-30-25-44-7)42-18-23-49-39-31-33(4)11-13-36(39)41(6)15-20-46-28-29-48-22-17-43(16-21-47-27-26-45-10-3)37-14-12-34(5)32-40(37)50-24-19-42/h8-9,11-14,31-32H,1-2,10,15-30H2,3-7H3/b38-35-. The summed E-state index contributed by atoms with van der Waals surface area (Å²) in [6.07, 6.45) is 3.50. The number of benzene rings is 2. The summed E-state index contributed by atoms with van der Waals surface area (Å²) in [6.45, 7) is 23.6. The summed E-state index contributed by atoms with van der Waals surface area (Å²) in [5, 5.41) is 0. The third-order valence-electron chi connectivity index (χ3n) is 8.27. The third kappa shape index (κ3) is 14.8. The van der Waals surface area contributed by atoms with Crippen LogP contribution in [-0.2, 0) is 28.4 Å². The van der Waals surface area contributed by atoms with Crippen molar-refractivity contribution in [2.45, 2.75) is 20.8 Å². The number of fused-ring (bicyclic) bond motifs is 2. The zero-order chi connectivity index (χ0) is 36.7. The lowest BCUT2D eigenvalue weighted by atomic mass is 10.2. The Kier molecular flexibility index (Phi) is 20.0. The Labute approximate surface area is 306 Å². The van der Waals surface area contributed by atoms with E-state index in [9.17, 15) is 0 Å². The summed E-state index contributed by atoms with van der Waals surface area (Å²) >= 11 is 0. The number of allylic oxidation sites excluding steroid dienone is 2. The van der Waals surface area contributed by atoms with Gasteiger partial charge in [-0.15, -0.1) is 0 Å². The van der Waals surface area contributed by atoms with E-state index in [-0.39, 0.29) is 0 Å². The Balaban J connectivity index is 1.90. The summed E-state index contributed by atoms with van der Waals surface area (Å²) in [5.74, 6) is 2.24. The number of rotatable bonds is 14. The van der Waals surface area contributed by atoms with Crippen LogP contribution in [0.4, 0.5) is 11.4 Å². The van der Waals surface area contributed by atoms with Gasteiger partial charge in [-0.25, -0.2) is 0 Å². The molecule has 0 radical (unpaired) electrons. The number of nitrogens with zero attached hydrogens (tertiary/aromatic N) is 3. The number of hydrogen-bond donors (Lipinski definition) is 0. The molecule has 2 aromatic carbocycles. The van der Waals surface area contributed by atoms with Gasteiger partial charge < -0.3 is 52.6 Å². The molecule has 11 nitrogen and oxygen atoms in total. The topological polar surface area (TPSA) is 83.6 Å². The molecular formula is C40H61N3O8. The molecule has 0 aromatic heterocycles. The van der Waals surface area contributed by atoms with Crippen LogP contribution in [0.5, 0.6) is 11.5 Å². The first-order valence-electron chi connectivity index (χ1n) is 18.0. The average Bonchev–Trinajstić information content (AvgIpc) is 3.12. The van der Waals surface area contributed by atoms with E-state index in [1.165, 1.54) is 0 Å². The summed E-state index contributed by atoms with van der Waals surface area (Å²) in [6, 6.07) is 12.6. The first-order valence-corrected chi connectivity index (χ1v) is 18.0. The van der Waals surface area contributed by atoms with Gasteiger partial charge in [0.25, 0.3) is 0 Å². The Bertz CT molecular complexity index is 1340. The van der Waals surface area contributed by atoms with Gasteiger partial charge >= 0.3 is 0 Å². The second-order valence-corrected chi connectivity index (χ2v) is 12.1. The molecule has 0 atom stereocenters. The molecule has 1 heterocycles. The van der Waals surface area contributed by atoms with Crippen LogP contribution in [0.15, 0.2) is 73.2 Å². The maximum atomic E-state index is 6.58. The van der Waals surface area contributed by atoms with Crippen molar-refractivity contribution in [3.05, 3.63) is 84.3 Å². The van der Waals surface area contributed by atoms with E-state index in [1.807, 2.05) is 6.92 Å². The Morgan fingerprint density at radius 3 is 1.98 bits per heavy atom. The van der Waals surface area contributed by atoms with Gasteiger partial charge in [0.15, 0.2) is 0 Å². The molecule has 51 heavy (non-hydrogen) atoms. The van der Waals surface area contributed by atoms with Crippen molar-refractivity contribution in [2.24, 2.45) is 0 Å². The van der Waals surface area contributed by atoms with Crippen LogP contribution in [0.1, 0.15) is 18.1 Å². The van der Waals surface area contributed by atoms with Gasteiger partial charge in [-0.3, -0.25) is 0 Å². The first-order chi connectivity index (χ1) is 24.9. The minimum absolute atomic E-state index is 0.389. The second kappa shape index (κ2) is 24.4. The lowest BCUT2D eigenvalue weighted by molar-refractivity contribution is 0.0492. The van der Waals surface area contributed by atoms with E-state index in [4.69, 9.17) is 37.9 Å². The number of likely N-dealkylation sites (N-methyl/N-ethyl adjacent to an activating group) is 1. The zero-order valence-electron chi connectivity index (χ0n) is 31.7. The molecular weight excluding hydrogens is 650 g/mol. The fraction of sp³-hybridized carbons (Fsp3) is 0.550. The molecule has 0 spiro atoms. The minimum Gasteiger partial charge on any atom is -0.490 e. The number of ether oxygens (including phenoxy) is 8. The fourth-order valence-electron chi connectivity index (χ4n) is 5.50. The number of methoxy groups -OCH3 is 1. The van der Waals surface area contributed by atoms with Gasteiger partial charge in [0.1, 0.15) is 37.1 Å². The normalized spacial score (nSPS) is 16.1. The summed E-state index contributed by atoms with van der Waals surface area (Å²) in [7, 11) is 3.70. The smallest absolute Gasteiger partial charge is 0.142 e. The Hall–Kier alpha value is -3.74. The van der Waals surface area contributed by atoms with Crippen molar-refractivity contribution in [1.29, 1.82) is 0 Å². The quantitative estimate of drug-likeness (QED) is 0.139. The highest BCUT2D eigenvalue weighted by atomic mass is 16.5. The number of hydrogen-bond acceptors (Lipinski definition) is 11. The Morgan fingerprint density at radius 2 is 1.35 bits per heavy atom. The largest absolute Gasteiger partial charge is 0.490 e. The van der Waals surface area contributed by atoms with Crippen molar-refractivity contribution in [1.82, 2.24) is 4.90 Å². The molecule has 284 valence electrons. The second-order valence-electron chi connectivity index (χ2n) is 12.1. The van der Waals surface area contributed by atoms with Crippen molar-refractivity contribution >= 4 is 11.4 Å². The summed E-state index contributed by atoms with van der Waals surface area (Å²) < 4.78 is 47.7. The van der Waals surface area contributed by atoms with Crippen LogP contribution >= 0.6 is 0 Å². The Morgan fingerprint density at radius 1 is 0.725 bits per heavy atom. The average molecular weight is 712 g/mol. The van der Waals surface area contributed by atoms with E-state index in [1.54, 1.807) is 19.3 Å². The van der Waals surface area contributed by atoms with E-state index in [0.717, 1.165) is 39.7 Å². The van der Waals surface area contributed by atoms with Crippen molar-refractivity contribution in [2.75, 3.05) is 136 Å². The monoisotopic (exact) mass is 711 g/mol. The molecule has 0 aliphatic carbocycles. The van der Waals surface area contributed by atoms with E-state index < -0.39 is 0 Å². The SMILES string of the molecule is C=C/C(OCCOC)=C(\C=C)N1CCOc2cc(C)ccc2N(C)CCOCCOCCN(CCOCCOCC)c2ccc(C)cc2OCC1. The van der Waals surface area contributed by atoms with Crippen LogP contribution in [0.25, 0.3) is 0 Å². The lowest BCUT2D eigenvalue weighted by Crippen LogP contribution is -2.33. The van der Waals surface area contributed by atoms with Gasteiger partial charge in [0, 0.05) is 40.4 Å². The summed E-state index contributed by atoms with van der Waals surface area (Å²) in [5.41, 5.74) is 5.02. The first kappa shape index (κ1) is 41.7. The van der Waals surface area contributed by atoms with Gasteiger partial charge in [-0.1, -0.05) is 25.3 Å². The number of aryl methyl sites for hydroxylation is 2. The van der Waals surface area contributed by atoms with Crippen LogP contribution in [0, 0.1) is 13.8 Å². The lowest BCUT2D eigenvalue weighted by Gasteiger charge is -2.29. The van der Waals surface area contributed by atoms with E-state index >= 15 is 0 Å². The highest BCUT2D eigenvalue weighted by Crippen LogP contribution is 2.31. The molecule has 0 bridgehead atoms. The third-order valence-corrected chi connectivity index (χ3v) is 8.27. The molecule has 2 aromatic rings. The highest BCUT2D eigenvalue weighted by molar-refractivity contribution is 5.60. The van der Waals surface area contributed by atoms with Crippen molar-refractivity contribution in [3.8, 4) is 11.5 Å². The molecule has 11 heteroatoms. The predicted octanol–water partition coefficient (Wildman–Crippen LogP) is 5.65. The zero-order valence-corrected chi connectivity index (χ0v) is 31.7. The molecule has 0 fully saturated rings. The fourth-order valence-corrected chi connectivity index (χ4v) is 5.50. The molecule has 0 saturated carbocycles. The van der Waals surface area contributed by atoms with Gasteiger partial charge in [-0.05, 0) is 68.3 Å². The van der Waals surface area contributed by atoms with Gasteiger partial charge in [0.2, 0.25) is 0 Å². The summed E-state index contributed by atoms with van der Waals surface area (Å²) in [4.78, 5) is 6.58. The molecule has 0 N–H and O–H groups in total. The molecule has 0 unspecified atom stereocenters. The van der Waals surface area contributed by atoms with Crippen molar-refractivity contribution < 1.29 is 37.9 Å². The van der Waals surface area contributed by atoms with Gasteiger partial charge in [0.05, 0.1) is 83.0 Å².